The van der Waals surface area contributed by atoms with E-state index in [2.05, 4.69) is 0 Å². The van der Waals surface area contributed by atoms with Crippen LogP contribution >= 0.6 is 0 Å². The molecule has 1 saturated heterocycles. The van der Waals surface area contributed by atoms with Crippen molar-refractivity contribution in [1.29, 1.82) is 0 Å². The van der Waals surface area contributed by atoms with E-state index in [0.717, 1.165) is 24.0 Å². The average Bonchev–Trinajstić information content (AvgIpc) is 3.28. The lowest BCUT2D eigenvalue weighted by Crippen LogP contribution is -2.42. The van der Waals surface area contributed by atoms with Crippen molar-refractivity contribution in [3.63, 3.8) is 0 Å². The number of hydrogen-bond donors (Lipinski definition) is 0. The third kappa shape index (κ3) is 4.36. The molecule has 1 aliphatic heterocycles. The quantitative estimate of drug-likeness (QED) is 0.553. The van der Waals surface area contributed by atoms with E-state index in [0.29, 0.717) is 36.8 Å². The first-order chi connectivity index (χ1) is 14.7. The number of benzene rings is 2. The highest BCUT2D eigenvalue weighted by Crippen LogP contribution is 2.25. The Labute approximate surface area is 176 Å². The van der Waals surface area contributed by atoms with E-state index in [4.69, 9.17) is 9.15 Å². The summed E-state index contributed by atoms with van der Waals surface area (Å²) in [4.78, 5) is 27.6. The molecular weight excluding hydrogens is 378 g/mol. The smallest absolute Gasteiger partial charge is 0.289 e. The SMILES string of the molecule is COCc1ccc(C(=O)N2CCC[C@H](C(=O)c3ccc(-c4ccccc4)cc3)C2)o1. The Morgan fingerprint density at radius 3 is 2.47 bits per heavy atom. The molecule has 3 aromatic rings. The molecule has 0 N–H and O–H groups in total. The van der Waals surface area contributed by atoms with Crippen molar-refractivity contribution >= 4 is 11.7 Å². The van der Waals surface area contributed by atoms with Gasteiger partial charge in [-0.1, -0.05) is 54.6 Å². The zero-order valence-corrected chi connectivity index (χ0v) is 17.0. The number of carbonyl (C=O) groups is 2. The fraction of sp³-hybridized carbons (Fsp3) is 0.280. The summed E-state index contributed by atoms with van der Waals surface area (Å²) >= 11 is 0. The van der Waals surface area contributed by atoms with Crippen LogP contribution in [-0.2, 0) is 11.3 Å². The number of methoxy groups -OCH3 is 1. The molecule has 0 aliphatic carbocycles. The Hall–Kier alpha value is -3.18. The van der Waals surface area contributed by atoms with Crippen LogP contribution in [0.3, 0.4) is 0 Å². The normalized spacial score (nSPS) is 16.4. The van der Waals surface area contributed by atoms with Crippen molar-refractivity contribution in [3.8, 4) is 11.1 Å². The first-order valence-corrected chi connectivity index (χ1v) is 10.2. The molecule has 1 fully saturated rings. The van der Waals surface area contributed by atoms with Crippen LogP contribution in [-0.4, -0.2) is 36.8 Å². The van der Waals surface area contributed by atoms with Crippen LogP contribution in [0.2, 0.25) is 0 Å². The zero-order valence-electron chi connectivity index (χ0n) is 17.0. The van der Waals surface area contributed by atoms with Crippen molar-refractivity contribution in [2.24, 2.45) is 5.92 Å². The van der Waals surface area contributed by atoms with Crippen LogP contribution in [0.4, 0.5) is 0 Å². The second-order valence-corrected chi connectivity index (χ2v) is 7.60. The summed E-state index contributed by atoms with van der Waals surface area (Å²) in [5.74, 6) is 0.631. The minimum absolute atomic E-state index is 0.0895. The number of hydrogen-bond acceptors (Lipinski definition) is 4. The molecular formula is C25H25NO4. The molecule has 5 heteroatoms. The number of furan rings is 1. The molecule has 4 rings (SSSR count). The standard InChI is InChI=1S/C25H25NO4/c1-29-17-22-13-14-23(30-22)25(28)26-15-5-8-21(16-26)24(27)20-11-9-19(10-12-20)18-6-3-2-4-7-18/h2-4,6-7,9-14,21H,5,8,15-17H2,1H3/t21-/m0/s1. The summed E-state index contributed by atoms with van der Waals surface area (Å²) in [7, 11) is 1.58. The third-order valence-corrected chi connectivity index (χ3v) is 5.51. The molecule has 154 valence electrons. The molecule has 0 saturated carbocycles. The van der Waals surface area contributed by atoms with Crippen LogP contribution in [0, 0.1) is 5.92 Å². The Morgan fingerprint density at radius 2 is 1.73 bits per heavy atom. The molecule has 0 spiro atoms. The highest BCUT2D eigenvalue weighted by molar-refractivity contribution is 5.99. The topological polar surface area (TPSA) is 59.8 Å². The number of likely N-dealkylation sites (tertiary alicyclic amines) is 1. The van der Waals surface area contributed by atoms with Crippen LogP contribution in [0.25, 0.3) is 11.1 Å². The second-order valence-electron chi connectivity index (χ2n) is 7.60. The molecule has 2 heterocycles. The maximum atomic E-state index is 13.1. The van der Waals surface area contributed by atoms with Crippen LogP contribution in [0.5, 0.6) is 0 Å². The number of nitrogens with zero attached hydrogens (tertiary/aromatic N) is 1. The van der Waals surface area contributed by atoms with Crippen molar-refractivity contribution in [3.05, 3.63) is 83.8 Å². The van der Waals surface area contributed by atoms with Gasteiger partial charge in [0.25, 0.3) is 5.91 Å². The molecule has 1 aliphatic rings. The molecule has 0 unspecified atom stereocenters. The van der Waals surface area contributed by atoms with Crippen LogP contribution in [0.15, 0.2) is 71.1 Å². The van der Waals surface area contributed by atoms with Gasteiger partial charge in [0.1, 0.15) is 12.4 Å². The lowest BCUT2D eigenvalue weighted by Gasteiger charge is -2.31. The summed E-state index contributed by atoms with van der Waals surface area (Å²) in [5.41, 5.74) is 2.89. The van der Waals surface area contributed by atoms with E-state index < -0.39 is 0 Å². The largest absolute Gasteiger partial charge is 0.453 e. The van der Waals surface area contributed by atoms with Crippen LogP contribution < -0.4 is 0 Å². The second kappa shape index (κ2) is 9.09. The first-order valence-electron chi connectivity index (χ1n) is 10.2. The van der Waals surface area contributed by atoms with E-state index in [-0.39, 0.29) is 17.6 Å². The summed E-state index contributed by atoms with van der Waals surface area (Å²) in [6.45, 7) is 1.38. The van der Waals surface area contributed by atoms with Crippen LogP contribution in [0.1, 0.15) is 39.5 Å². The first kappa shape index (κ1) is 20.1. The minimum atomic E-state index is -0.196. The van der Waals surface area contributed by atoms with Gasteiger partial charge in [-0.15, -0.1) is 0 Å². The molecule has 1 amide bonds. The van der Waals surface area contributed by atoms with Crippen molar-refractivity contribution in [1.82, 2.24) is 4.90 Å². The van der Waals surface area contributed by atoms with Gasteiger partial charge in [0.05, 0.1) is 0 Å². The van der Waals surface area contributed by atoms with E-state index in [1.54, 1.807) is 24.1 Å². The number of ether oxygens (including phenoxy) is 1. The number of amides is 1. The Morgan fingerprint density at radius 1 is 1.00 bits per heavy atom. The van der Waals surface area contributed by atoms with Crippen molar-refractivity contribution < 1.29 is 18.7 Å². The average molecular weight is 403 g/mol. The van der Waals surface area contributed by atoms with E-state index in [1.165, 1.54) is 0 Å². The maximum absolute atomic E-state index is 13.1. The molecule has 5 nitrogen and oxygen atoms in total. The summed E-state index contributed by atoms with van der Waals surface area (Å²) < 4.78 is 10.6. The fourth-order valence-electron chi connectivity index (χ4n) is 3.94. The third-order valence-electron chi connectivity index (χ3n) is 5.51. The lowest BCUT2D eigenvalue weighted by atomic mass is 9.89. The maximum Gasteiger partial charge on any atom is 0.289 e. The monoisotopic (exact) mass is 403 g/mol. The summed E-state index contributed by atoms with van der Waals surface area (Å²) in [6.07, 6.45) is 1.59. The number of ketones is 1. The molecule has 2 aromatic carbocycles. The van der Waals surface area contributed by atoms with Gasteiger partial charge in [-0.3, -0.25) is 9.59 Å². The van der Waals surface area contributed by atoms with E-state index in [9.17, 15) is 9.59 Å². The number of piperidine rings is 1. The lowest BCUT2D eigenvalue weighted by molar-refractivity contribution is 0.0605. The molecule has 30 heavy (non-hydrogen) atoms. The van der Waals surface area contributed by atoms with Gasteiger partial charge in [0.2, 0.25) is 0 Å². The number of carbonyl (C=O) groups excluding carboxylic acids is 2. The van der Waals surface area contributed by atoms with Gasteiger partial charge in [-0.25, -0.2) is 0 Å². The van der Waals surface area contributed by atoms with E-state index >= 15 is 0 Å². The predicted octanol–water partition coefficient (Wildman–Crippen LogP) is 4.83. The summed E-state index contributed by atoms with van der Waals surface area (Å²) in [6, 6.07) is 21.2. The van der Waals surface area contributed by atoms with Gasteiger partial charge in [0.15, 0.2) is 11.5 Å². The molecule has 0 radical (unpaired) electrons. The number of Topliss-reactive ketones (excluding diaryl/α,β-unsaturated/α-hetero) is 1. The van der Waals surface area contributed by atoms with Gasteiger partial charge in [-0.05, 0) is 36.1 Å². The fourth-order valence-corrected chi connectivity index (χ4v) is 3.94. The molecule has 1 atom stereocenters. The Bertz CT molecular complexity index is 1010. The predicted molar refractivity (Wildman–Crippen MR) is 114 cm³/mol. The minimum Gasteiger partial charge on any atom is -0.453 e. The van der Waals surface area contributed by atoms with E-state index in [1.807, 2.05) is 54.6 Å². The highest BCUT2D eigenvalue weighted by atomic mass is 16.5. The highest BCUT2D eigenvalue weighted by Gasteiger charge is 2.30. The van der Waals surface area contributed by atoms with Gasteiger partial charge in [0, 0.05) is 31.7 Å². The van der Waals surface area contributed by atoms with Crippen molar-refractivity contribution in [2.45, 2.75) is 19.4 Å². The number of rotatable bonds is 6. The van der Waals surface area contributed by atoms with Gasteiger partial charge < -0.3 is 14.1 Å². The Kier molecular flexibility index (Phi) is 6.10. The zero-order chi connectivity index (χ0) is 20.9. The molecule has 1 aromatic heterocycles. The molecule has 0 bridgehead atoms. The van der Waals surface area contributed by atoms with Gasteiger partial charge >= 0.3 is 0 Å². The van der Waals surface area contributed by atoms with Crippen molar-refractivity contribution in [2.75, 3.05) is 20.2 Å². The van der Waals surface area contributed by atoms with Gasteiger partial charge in [-0.2, -0.15) is 0 Å². The summed E-state index contributed by atoms with van der Waals surface area (Å²) in [5, 5.41) is 0. The Balaban J connectivity index is 1.43.